The van der Waals surface area contributed by atoms with Gasteiger partial charge in [-0.05, 0) is 23.8 Å². The molecule has 128 valence electrons. The Labute approximate surface area is 151 Å². The van der Waals surface area contributed by atoms with E-state index >= 15 is 0 Å². The molecule has 2 aromatic carbocycles. The molecule has 0 fully saturated rings. The van der Waals surface area contributed by atoms with Crippen molar-refractivity contribution in [3.8, 4) is 0 Å². The molecule has 0 bridgehead atoms. The van der Waals surface area contributed by atoms with Crippen LogP contribution in [0.3, 0.4) is 0 Å². The Morgan fingerprint density at radius 2 is 1.79 bits per heavy atom. The number of carbonyl (C=O) groups excluding carboxylic acids is 1. The predicted octanol–water partition coefficient (Wildman–Crippen LogP) is 3.39. The summed E-state index contributed by atoms with van der Waals surface area (Å²) in [6.07, 6.45) is 1.07. The third-order valence-corrected chi connectivity index (χ3v) is 4.95. The maximum absolute atomic E-state index is 12.2. The second kappa shape index (κ2) is 7.98. The zero-order chi connectivity index (χ0) is 17.7. The van der Waals surface area contributed by atoms with Crippen LogP contribution in [0.2, 0.25) is 10.0 Å². The summed E-state index contributed by atoms with van der Waals surface area (Å²) >= 11 is 11.9. The van der Waals surface area contributed by atoms with E-state index in [0.717, 1.165) is 16.1 Å². The molecule has 0 saturated carbocycles. The minimum Gasteiger partial charge on any atom is -0.324 e. The minimum atomic E-state index is -3.56. The number of nitrogens with zero attached hydrogens (tertiary/aromatic N) is 1. The van der Waals surface area contributed by atoms with Gasteiger partial charge in [0.05, 0.1) is 23.5 Å². The van der Waals surface area contributed by atoms with Crippen LogP contribution in [0.15, 0.2) is 48.5 Å². The fourth-order valence-electron chi connectivity index (χ4n) is 2.02. The first-order chi connectivity index (χ1) is 11.3. The van der Waals surface area contributed by atoms with Crippen LogP contribution >= 0.6 is 23.2 Å². The van der Waals surface area contributed by atoms with Crippen molar-refractivity contribution in [1.29, 1.82) is 0 Å². The molecule has 8 heteroatoms. The number of hydrogen-bond donors (Lipinski definition) is 1. The molecule has 5 nitrogen and oxygen atoms in total. The van der Waals surface area contributed by atoms with Gasteiger partial charge in [0.25, 0.3) is 0 Å². The van der Waals surface area contributed by atoms with Crippen molar-refractivity contribution in [3.05, 3.63) is 64.1 Å². The van der Waals surface area contributed by atoms with Crippen LogP contribution in [0.25, 0.3) is 0 Å². The third-order valence-electron chi connectivity index (χ3n) is 3.19. The van der Waals surface area contributed by atoms with E-state index in [9.17, 15) is 13.2 Å². The Balaban J connectivity index is 2.12. The van der Waals surface area contributed by atoms with Gasteiger partial charge >= 0.3 is 0 Å². The predicted molar refractivity (Wildman–Crippen MR) is 96.8 cm³/mol. The van der Waals surface area contributed by atoms with Gasteiger partial charge in [-0.1, -0.05) is 53.5 Å². The molecule has 0 unspecified atom stereocenters. The standard InChI is InChI=1S/C16H16Cl2N2O3S/c1-24(22,23)20(10-12-5-3-2-4-6-12)11-16(21)19-15-9-13(17)7-8-14(15)18/h2-9H,10-11H2,1H3,(H,19,21). The van der Waals surface area contributed by atoms with E-state index in [2.05, 4.69) is 5.32 Å². The van der Waals surface area contributed by atoms with Crippen molar-refractivity contribution in [2.45, 2.75) is 6.54 Å². The molecular formula is C16H16Cl2N2O3S. The second-order valence-corrected chi connectivity index (χ2v) is 8.02. The average Bonchev–Trinajstić information content (AvgIpc) is 2.50. The monoisotopic (exact) mass is 386 g/mol. The Morgan fingerprint density at radius 3 is 2.42 bits per heavy atom. The number of anilines is 1. The van der Waals surface area contributed by atoms with E-state index in [4.69, 9.17) is 23.2 Å². The summed E-state index contributed by atoms with van der Waals surface area (Å²) in [5, 5.41) is 3.31. The molecule has 0 aliphatic heterocycles. The lowest BCUT2D eigenvalue weighted by Crippen LogP contribution is -2.36. The fourth-order valence-corrected chi connectivity index (χ4v) is 3.09. The number of nitrogens with one attached hydrogen (secondary N) is 1. The van der Waals surface area contributed by atoms with Crippen LogP contribution in [0.5, 0.6) is 0 Å². The molecule has 1 N–H and O–H groups in total. The summed E-state index contributed by atoms with van der Waals surface area (Å²) < 4.78 is 25.0. The molecule has 0 aliphatic rings. The van der Waals surface area contributed by atoms with Crippen molar-refractivity contribution in [3.63, 3.8) is 0 Å². The van der Waals surface area contributed by atoms with Crippen molar-refractivity contribution in [2.75, 3.05) is 18.1 Å². The van der Waals surface area contributed by atoms with E-state index < -0.39 is 15.9 Å². The molecule has 0 radical (unpaired) electrons. The molecule has 1 amide bonds. The first-order valence-electron chi connectivity index (χ1n) is 6.99. The lowest BCUT2D eigenvalue weighted by atomic mass is 10.2. The number of halogens is 2. The first kappa shape index (κ1) is 18.7. The summed E-state index contributed by atoms with van der Waals surface area (Å²) in [4.78, 5) is 12.2. The maximum Gasteiger partial charge on any atom is 0.239 e. The van der Waals surface area contributed by atoms with Gasteiger partial charge < -0.3 is 5.32 Å². The fraction of sp³-hybridized carbons (Fsp3) is 0.188. The second-order valence-electron chi connectivity index (χ2n) is 5.19. The molecule has 0 saturated heterocycles. The SMILES string of the molecule is CS(=O)(=O)N(CC(=O)Nc1cc(Cl)ccc1Cl)Cc1ccccc1. The Bertz CT molecular complexity index is 826. The Kier molecular flexibility index (Phi) is 6.23. The zero-order valence-electron chi connectivity index (χ0n) is 12.9. The summed E-state index contributed by atoms with van der Waals surface area (Å²) in [5.41, 5.74) is 1.12. The van der Waals surface area contributed by atoms with Gasteiger partial charge in [-0.25, -0.2) is 8.42 Å². The van der Waals surface area contributed by atoms with Crippen LogP contribution in [0.4, 0.5) is 5.69 Å². The highest BCUT2D eigenvalue weighted by Gasteiger charge is 2.21. The van der Waals surface area contributed by atoms with Gasteiger partial charge in [-0.3, -0.25) is 4.79 Å². The third kappa shape index (κ3) is 5.49. The molecular weight excluding hydrogens is 371 g/mol. The van der Waals surface area contributed by atoms with E-state index in [-0.39, 0.29) is 13.1 Å². The molecule has 0 heterocycles. The molecule has 0 atom stereocenters. The van der Waals surface area contributed by atoms with Gasteiger partial charge in [0, 0.05) is 11.6 Å². The van der Waals surface area contributed by atoms with Crippen LogP contribution in [-0.2, 0) is 21.4 Å². The highest BCUT2D eigenvalue weighted by atomic mass is 35.5. The van der Waals surface area contributed by atoms with Crippen LogP contribution in [0, 0.1) is 0 Å². The Morgan fingerprint density at radius 1 is 1.12 bits per heavy atom. The van der Waals surface area contributed by atoms with E-state index in [1.54, 1.807) is 24.3 Å². The average molecular weight is 387 g/mol. The molecule has 24 heavy (non-hydrogen) atoms. The number of hydrogen-bond acceptors (Lipinski definition) is 3. The van der Waals surface area contributed by atoms with Gasteiger partial charge in [-0.15, -0.1) is 0 Å². The lowest BCUT2D eigenvalue weighted by Gasteiger charge is -2.19. The number of sulfonamides is 1. The van der Waals surface area contributed by atoms with Gasteiger partial charge in [0.15, 0.2) is 0 Å². The van der Waals surface area contributed by atoms with Gasteiger partial charge in [0.1, 0.15) is 0 Å². The quantitative estimate of drug-likeness (QED) is 0.826. The Hall–Kier alpha value is -1.60. The largest absolute Gasteiger partial charge is 0.324 e. The maximum atomic E-state index is 12.2. The van der Waals surface area contributed by atoms with E-state index in [0.29, 0.717) is 15.7 Å². The highest BCUT2D eigenvalue weighted by molar-refractivity contribution is 7.88. The van der Waals surface area contributed by atoms with Crippen LogP contribution in [-0.4, -0.2) is 31.4 Å². The van der Waals surface area contributed by atoms with Crippen LogP contribution < -0.4 is 5.32 Å². The van der Waals surface area contributed by atoms with E-state index in [1.165, 1.54) is 6.07 Å². The number of rotatable bonds is 6. The van der Waals surface area contributed by atoms with E-state index in [1.807, 2.05) is 18.2 Å². The minimum absolute atomic E-state index is 0.108. The summed E-state index contributed by atoms with van der Waals surface area (Å²) in [6.45, 7) is -0.215. The van der Waals surface area contributed by atoms with Crippen molar-refractivity contribution >= 4 is 44.8 Å². The summed E-state index contributed by atoms with van der Waals surface area (Å²) in [7, 11) is -3.56. The number of carbonyl (C=O) groups is 1. The van der Waals surface area contributed by atoms with Gasteiger partial charge in [-0.2, -0.15) is 4.31 Å². The molecule has 0 aliphatic carbocycles. The molecule has 2 rings (SSSR count). The molecule has 0 aromatic heterocycles. The van der Waals surface area contributed by atoms with Crippen molar-refractivity contribution in [1.82, 2.24) is 4.31 Å². The zero-order valence-corrected chi connectivity index (χ0v) is 15.2. The number of benzene rings is 2. The normalized spacial score (nSPS) is 11.5. The summed E-state index contributed by atoms with van der Waals surface area (Å²) in [5.74, 6) is -0.500. The molecule has 2 aromatic rings. The first-order valence-corrected chi connectivity index (χ1v) is 9.60. The van der Waals surface area contributed by atoms with Crippen LogP contribution in [0.1, 0.15) is 5.56 Å². The van der Waals surface area contributed by atoms with Gasteiger partial charge in [0.2, 0.25) is 15.9 Å². The lowest BCUT2D eigenvalue weighted by molar-refractivity contribution is -0.116. The highest BCUT2D eigenvalue weighted by Crippen LogP contribution is 2.25. The summed E-state index contributed by atoms with van der Waals surface area (Å²) in [6, 6.07) is 13.7. The van der Waals surface area contributed by atoms with Crippen molar-refractivity contribution < 1.29 is 13.2 Å². The number of amides is 1. The van der Waals surface area contributed by atoms with Crippen molar-refractivity contribution in [2.24, 2.45) is 0 Å². The smallest absolute Gasteiger partial charge is 0.239 e. The molecule has 0 spiro atoms. The topological polar surface area (TPSA) is 66.5 Å².